The van der Waals surface area contributed by atoms with Gasteiger partial charge in [-0.3, -0.25) is 9.59 Å². The van der Waals surface area contributed by atoms with E-state index in [0.717, 1.165) is 16.7 Å². The fourth-order valence-corrected chi connectivity index (χ4v) is 2.87. The highest BCUT2D eigenvalue weighted by molar-refractivity contribution is 6.30. The zero-order valence-electron chi connectivity index (χ0n) is 17.0. The molecule has 0 saturated heterocycles. The van der Waals surface area contributed by atoms with Gasteiger partial charge in [0, 0.05) is 21.8 Å². The van der Waals surface area contributed by atoms with Crippen LogP contribution >= 0.6 is 11.6 Å². The van der Waals surface area contributed by atoms with Crippen molar-refractivity contribution in [2.45, 2.75) is 20.8 Å². The van der Waals surface area contributed by atoms with Gasteiger partial charge in [-0.15, -0.1) is 0 Å². The van der Waals surface area contributed by atoms with Crippen LogP contribution in [0.15, 0.2) is 71.8 Å². The van der Waals surface area contributed by atoms with Gasteiger partial charge in [0.25, 0.3) is 11.8 Å². The minimum atomic E-state index is -0.260. The Kier molecular flexibility index (Phi) is 6.65. The van der Waals surface area contributed by atoms with Crippen LogP contribution < -0.4 is 10.7 Å². The molecule has 2 N–H and O–H groups in total. The molecular weight excluding hydrogens is 398 g/mol. The number of carbonyl (C=O) groups excluding carboxylic acids is 2. The second-order valence-electron chi connectivity index (χ2n) is 6.98. The lowest BCUT2D eigenvalue weighted by Crippen LogP contribution is -2.19. The number of hydrogen-bond acceptors (Lipinski definition) is 3. The summed E-state index contributed by atoms with van der Waals surface area (Å²) in [7, 11) is 0. The Balaban J connectivity index is 1.63. The number of amides is 2. The van der Waals surface area contributed by atoms with Crippen LogP contribution in [-0.2, 0) is 0 Å². The number of hydrogen-bond donors (Lipinski definition) is 2. The standard InChI is InChI=1S/C24H22ClN3O2/c1-15-4-5-20(14-16(15)2)24(30)28-27-17(3)18-8-12-22(13-9-18)26-23(29)19-6-10-21(25)11-7-19/h4-14H,1-3H3,(H,26,29)(H,28,30). The average molecular weight is 420 g/mol. The Morgan fingerprint density at radius 2 is 1.37 bits per heavy atom. The average Bonchev–Trinajstić information content (AvgIpc) is 2.74. The van der Waals surface area contributed by atoms with E-state index in [-0.39, 0.29) is 11.8 Å². The van der Waals surface area contributed by atoms with E-state index in [4.69, 9.17) is 11.6 Å². The fourth-order valence-electron chi connectivity index (χ4n) is 2.75. The minimum Gasteiger partial charge on any atom is -0.322 e. The smallest absolute Gasteiger partial charge is 0.271 e. The topological polar surface area (TPSA) is 70.6 Å². The van der Waals surface area contributed by atoms with Crippen molar-refractivity contribution in [2.75, 3.05) is 5.32 Å². The Labute approximate surface area is 180 Å². The quantitative estimate of drug-likeness (QED) is 0.431. The van der Waals surface area contributed by atoms with Gasteiger partial charge in [0.2, 0.25) is 0 Å². The molecule has 0 bridgehead atoms. The fraction of sp³-hybridized carbons (Fsp3) is 0.125. The van der Waals surface area contributed by atoms with Gasteiger partial charge in [-0.2, -0.15) is 5.10 Å². The Bertz CT molecular complexity index is 1100. The van der Waals surface area contributed by atoms with E-state index in [1.54, 1.807) is 42.5 Å². The molecule has 0 unspecified atom stereocenters. The first-order valence-electron chi connectivity index (χ1n) is 9.43. The number of aryl methyl sites for hydroxylation is 2. The molecule has 0 aliphatic carbocycles. The van der Waals surface area contributed by atoms with Crippen molar-refractivity contribution in [1.82, 2.24) is 5.43 Å². The molecule has 0 aliphatic rings. The van der Waals surface area contributed by atoms with Gasteiger partial charge < -0.3 is 5.32 Å². The van der Waals surface area contributed by atoms with E-state index in [2.05, 4.69) is 15.8 Å². The second kappa shape index (κ2) is 9.37. The predicted octanol–water partition coefficient (Wildman–Crippen LogP) is 5.36. The molecule has 0 fully saturated rings. The van der Waals surface area contributed by atoms with Gasteiger partial charge in [-0.1, -0.05) is 29.8 Å². The summed E-state index contributed by atoms with van der Waals surface area (Å²) in [5.41, 5.74) is 8.01. The summed E-state index contributed by atoms with van der Waals surface area (Å²) in [6.45, 7) is 5.77. The first-order chi connectivity index (χ1) is 14.3. The predicted molar refractivity (Wildman–Crippen MR) is 121 cm³/mol. The van der Waals surface area contributed by atoms with Crippen LogP contribution in [0.5, 0.6) is 0 Å². The summed E-state index contributed by atoms with van der Waals surface area (Å²) >= 11 is 5.85. The number of halogens is 1. The molecule has 30 heavy (non-hydrogen) atoms. The van der Waals surface area contributed by atoms with E-state index >= 15 is 0 Å². The molecule has 0 spiro atoms. The Morgan fingerprint density at radius 3 is 2.00 bits per heavy atom. The molecule has 3 aromatic rings. The second-order valence-corrected chi connectivity index (χ2v) is 7.41. The largest absolute Gasteiger partial charge is 0.322 e. The molecule has 0 saturated carbocycles. The van der Waals surface area contributed by atoms with E-state index in [1.165, 1.54) is 0 Å². The molecule has 2 amide bonds. The number of rotatable bonds is 5. The highest BCUT2D eigenvalue weighted by Crippen LogP contribution is 2.14. The molecule has 0 aromatic heterocycles. The molecular formula is C24H22ClN3O2. The lowest BCUT2D eigenvalue weighted by molar-refractivity contribution is 0.0954. The number of hydrazone groups is 1. The van der Waals surface area contributed by atoms with Crippen LogP contribution in [0.25, 0.3) is 0 Å². The van der Waals surface area contributed by atoms with Crippen molar-refractivity contribution in [3.63, 3.8) is 0 Å². The van der Waals surface area contributed by atoms with Crippen molar-refractivity contribution in [3.05, 3.63) is 99.6 Å². The van der Waals surface area contributed by atoms with Gasteiger partial charge in [0.05, 0.1) is 5.71 Å². The lowest BCUT2D eigenvalue weighted by Gasteiger charge is -2.08. The van der Waals surface area contributed by atoms with Crippen molar-refractivity contribution in [3.8, 4) is 0 Å². The molecule has 5 nitrogen and oxygen atoms in total. The van der Waals surface area contributed by atoms with Crippen LogP contribution in [-0.4, -0.2) is 17.5 Å². The SMILES string of the molecule is CC(=NNC(=O)c1ccc(C)c(C)c1)c1ccc(NC(=O)c2ccc(Cl)cc2)cc1. The number of benzene rings is 3. The summed E-state index contributed by atoms with van der Waals surface area (Å²) in [6, 6.07) is 19.4. The first-order valence-corrected chi connectivity index (χ1v) is 9.80. The van der Waals surface area contributed by atoms with Crippen molar-refractivity contribution < 1.29 is 9.59 Å². The maximum absolute atomic E-state index is 12.3. The number of carbonyl (C=O) groups is 2. The highest BCUT2D eigenvalue weighted by atomic mass is 35.5. The summed E-state index contributed by atoms with van der Waals surface area (Å²) in [5.74, 6) is -0.477. The molecule has 0 radical (unpaired) electrons. The maximum atomic E-state index is 12.3. The zero-order chi connectivity index (χ0) is 21.7. The zero-order valence-corrected chi connectivity index (χ0v) is 17.7. The summed E-state index contributed by atoms with van der Waals surface area (Å²) in [6.07, 6.45) is 0. The third-order valence-electron chi connectivity index (χ3n) is 4.76. The van der Waals surface area contributed by atoms with Crippen LogP contribution in [0.1, 0.15) is 44.3 Å². The maximum Gasteiger partial charge on any atom is 0.271 e. The van der Waals surface area contributed by atoms with Gasteiger partial charge in [-0.25, -0.2) is 5.43 Å². The minimum absolute atomic E-state index is 0.217. The number of nitrogens with zero attached hydrogens (tertiary/aromatic N) is 1. The monoisotopic (exact) mass is 419 g/mol. The summed E-state index contributed by atoms with van der Waals surface area (Å²) in [5, 5.41) is 7.60. The van der Waals surface area contributed by atoms with Gasteiger partial charge in [0.1, 0.15) is 0 Å². The third-order valence-corrected chi connectivity index (χ3v) is 5.01. The van der Waals surface area contributed by atoms with Crippen LogP contribution in [0.2, 0.25) is 5.02 Å². The van der Waals surface area contributed by atoms with Crippen LogP contribution in [0.4, 0.5) is 5.69 Å². The van der Waals surface area contributed by atoms with Crippen molar-refractivity contribution in [1.29, 1.82) is 0 Å². The van der Waals surface area contributed by atoms with E-state index in [9.17, 15) is 9.59 Å². The summed E-state index contributed by atoms with van der Waals surface area (Å²) < 4.78 is 0. The molecule has 3 aromatic carbocycles. The molecule has 0 aliphatic heterocycles. The Hall–Kier alpha value is -3.44. The molecule has 3 rings (SSSR count). The molecule has 6 heteroatoms. The van der Waals surface area contributed by atoms with Crippen LogP contribution in [0, 0.1) is 13.8 Å². The van der Waals surface area contributed by atoms with Crippen molar-refractivity contribution in [2.24, 2.45) is 5.10 Å². The van der Waals surface area contributed by atoms with Gasteiger partial charge >= 0.3 is 0 Å². The number of nitrogens with one attached hydrogen (secondary N) is 2. The summed E-state index contributed by atoms with van der Waals surface area (Å²) in [4.78, 5) is 24.6. The first kappa shape index (κ1) is 21.3. The normalized spacial score (nSPS) is 11.1. The Morgan fingerprint density at radius 1 is 0.767 bits per heavy atom. The number of anilines is 1. The van der Waals surface area contributed by atoms with E-state index in [0.29, 0.717) is 27.5 Å². The molecule has 0 heterocycles. The lowest BCUT2D eigenvalue weighted by atomic mass is 10.1. The molecule has 152 valence electrons. The van der Waals surface area contributed by atoms with E-state index in [1.807, 2.05) is 45.0 Å². The molecule has 0 atom stereocenters. The van der Waals surface area contributed by atoms with Crippen LogP contribution in [0.3, 0.4) is 0 Å². The van der Waals surface area contributed by atoms with Gasteiger partial charge in [0.15, 0.2) is 0 Å². The van der Waals surface area contributed by atoms with Gasteiger partial charge in [-0.05, 0) is 86.0 Å². The highest BCUT2D eigenvalue weighted by Gasteiger charge is 2.08. The van der Waals surface area contributed by atoms with Crippen molar-refractivity contribution >= 4 is 34.8 Å². The third kappa shape index (κ3) is 5.33. The van der Waals surface area contributed by atoms with E-state index < -0.39 is 0 Å².